The lowest BCUT2D eigenvalue weighted by molar-refractivity contribution is -0.134. The molecule has 0 saturated heterocycles. The largest absolute Gasteiger partial charge is 0.385 e. The van der Waals surface area contributed by atoms with Gasteiger partial charge >= 0.3 is 0 Å². The number of nitrogens with zero attached hydrogens (tertiary/aromatic N) is 2. The van der Waals surface area contributed by atoms with Gasteiger partial charge in [0.25, 0.3) is 0 Å². The fraction of sp³-hybridized carbons (Fsp3) is 0.833. The third-order valence-electron chi connectivity index (χ3n) is 2.55. The molecule has 98 valence electrons. The van der Waals surface area contributed by atoms with Crippen LogP contribution in [0, 0.1) is 11.3 Å². The lowest BCUT2D eigenvalue weighted by Gasteiger charge is -2.28. The number of methoxy groups -OCH3 is 1. The molecule has 0 bridgehead atoms. The second-order valence-corrected chi connectivity index (χ2v) is 4.28. The van der Waals surface area contributed by atoms with Gasteiger partial charge in [-0.2, -0.15) is 5.26 Å². The predicted octanol–water partition coefficient (Wildman–Crippen LogP) is 0.891. The van der Waals surface area contributed by atoms with E-state index in [1.807, 2.05) is 19.9 Å². The van der Waals surface area contributed by atoms with Gasteiger partial charge in [-0.05, 0) is 26.7 Å². The number of hydrogen-bond acceptors (Lipinski definition) is 4. The molecule has 2 N–H and O–H groups in total. The van der Waals surface area contributed by atoms with Gasteiger partial charge in [0.1, 0.15) is 0 Å². The molecule has 0 aliphatic heterocycles. The van der Waals surface area contributed by atoms with Crippen molar-refractivity contribution in [1.82, 2.24) is 4.90 Å². The van der Waals surface area contributed by atoms with E-state index < -0.39 is 6.04 Å². The van der Waals surface area contributed by atoms with Gasteiger partial charge in [0.15, 0.2) is 0 Å². The van der Waals surface area contributed by atoms with Crippen molar-refractivity contribution in [2.75, 3.05) is 20.3 Å². The summed E-state index contributed by atoms with van der Waals surface area (Å²) in [7, 11) is 1.63. The zero-order chi connectivity index (χ0) is 13.3. The fourth-order valence-corrected chi connectivity index (χ4v) is 1.58. The van der Waals surface area contributed by atoms with Gasteiger partial charge in [0.05, 0.1) is 18.5 Å². The molecule has 5 nitrogen and oxygen atoms in total. The van der Waals surface area contributed by atoms with Gasteiger partial charge < -0.3 is 15.4 Å². The Balaban J connectivity index is 4.24. The van der Waals surface area contributed by atoms with Gasteiger partial charge in [-0.25, -0.2) is 0 Å². The smallest absolute Gasteiger partial charge is 0.239 e. The van der Waals surface area contributed by atoms with Crippen LogP contribution in [0.25, 0.3) is 0 Å². The molecule has 1 amide bonds. The molecular formula is C12H23N3O2. The van der Waals surface area contributed by atoms with E-state index in [4.69, 9.17) is 15.7 Å². The molecule has 17 heavy (non-hydrogen) atoms. The van der Waals surface area contributed by atoms with Gasteiger partial charge in [0.2, 0.25) is 5.91 Å². The summed E-state index contributed by atoms with van der Waals surface area (Å²) in [5.41, 5.74) is 5.84. The Kier molecular flexibility index (Phi) is 8.38. The van der Waals surface area contributed by atoms with Crippen LogP contribution in [0.2, 0.25) is 0 Å². The van der Waals surface area contributed by atoms with Crippen LogP contribution in [0.1, 0.15) is 33.1 Å². The Hall–Kier alpha value is -1.12. The number of carbonyl (C=O) groups excluding carboxylic acids is 1. The number of nitrogens with two attached hydrogens (primary N) is 1. The van der Waals surface area contributed by atoms with E-state index in [0.717, 1.165) is 6.42 Å². The number of amides is 1. The third kappa shape index (κ3) is 6.25. The highest BCUT2D eigenvalue weighted by molar-refractivity contribution is 5.81. The Morgan fingerprint density at radius 3 is 2.65 bits per heavy atom. The summed E-state index contributed by atoms with van der Waals surface area (Å²) in [6.45, 7) is 4.92. The molecule has 5 heteroatoms. The maximum Gasteiger partial charge on any atom is 0.239 e. The second-order valence-electron chi connectivity index (χ2n) is 4.28. The van der Waals surface area contributed by atoms with E-state index in [2.05, 4.69) is 0 Å². The summed E-state index contributed by atoms with van der Waals surface area (Å²) >= 11 is 0. The summed E-state index contributed by atoms with van der Waals surface area (Å²) in [4.78, 5) is 13.7. The first-order valence-electron chi connectivity index (χ1n) is 5.96. The van der Waals surface area contributed by atoms with Crippen molar-refractivity contribution in [3.8, 4) is 6.07 Å². The van der Waals surface area contributed by atoms with Crippen LogP contribution in [-0.2, 0) is 9.53 Å². The number of ether oxygens (including phenoxy) is 1. The summed E-state index contributed by atoms with van der Waals surface area (Å²) in [6.07, 6.45) is 1.73. The zero-order valence-electron chi connectivity index (χ0n) is 11.0. The van der Waals surface area contributed by atoms with Crippen molar-refractivity contribution in [2.24, 2.45) is 5.73 Å². The lowest BCUT2D eigenvalue weighted by Crippen LogP contribution is -2.47. The molecule has 0 aromatic heterocycles. The van der Waals surface area contributed by atoms with Crippen molar-refractivity contribution in [3.63, 3.8) is 0 Å². The standard InChI is InChI=1S/C12H23N3O2/c1-10(2)15(8-5-7-13)12(16)11(14)6-4-9-17-3/h10-11H,4-6,8-9,14H2,1-3H3. The Morgan fingerprint density at radius 2 is 2.18 bits per heavy atom. The molecule has 0 aliphatic carbocycles. The van der Waals surface area contributed by atoms with Gasteiger partial charge in [-0.15, -0.1) is 0 Å². The van der Waals surface area contributed by atoms with E-state index in [-0.39, 0.29) is 11.9 Å². The molecule has 1 atom stereocenters. The Bertz CT molecular complexity index is 261. The van der Waals surface area contributed by atoms with Crippen LogP contribution < -0.4 is 5.73 Å². The van der Waals surface area contributed by atoms with Crippen molar-refractivity contribution in [3.05, 3.63) is 0 Å². The summed E-state index contributed by atoms with van der Waals surface area (Å²) in [5, 5.41) is 8.55. The molecule has 0 aromatic rings. The SMILES string of the molecule is COCCCC(N)C(=O)N(CCC#N)C(C)C. The molecule has 0 heterocycles. The zero-order valence-corrected chi connectivity index (χ0v) is 11.0. The summed E-state index contributed by atoms with van der Waals surface area (Å²) < 4.78 is 4.92. The number of hydrogen-bond donors (Lipinski definition) is 1. The first kappa shape index (κ1) is 15.9. The first-order valence-corrected chi connectivity index (χ1v) is 5.96. The number of nitriles is 1. The lowest BCUT2D eigenvalue weighted by atomic mass is 10.1. The molecule has 0 fully saturated rings. The first-order chi connectivity index (χ1) is 8.04. The molecule has 0 aliphatic rings. The van der Waals surface area contributed by atoms with Crippen LogP contribution >= 0.6 is 0 Å². The fourth-order valence-electron chi connectivity index (χ4n) is 1.58. The second kappa shape index (κ2) is 8.97. The maximum atomic E-state index is 12.0. The van der Waals surface area contributed by atoms with E-state index in [1.54, 1.807) is 12.0 Å². The molecule has 0 spiro atoms. The summed E-state index contributed by atoms with van der Waals surface area (Å²) in [6, 6.07) is 1.62. The number of carbonyl (C=O) groups is 1. The molecule has 0 rings (SSSR count). The van der Waals surface area contributed by atoms with Crippen LogP contribution in [0.5, 0.6) is 0 Å². The topological polar surface area (TPSA) is 79.3 Å². The minimum absolute atomic E-state index is 0.0734. The molecule has 0 saturated carbocycles. The van der Waals surface area contributed by atoms with Gasteiger partial charge in [-0.1, -0.05) is 0 Å². The molecule has 0 aromatic carbocycles. The highest BCUT2D eigenvalue weighted by Gasteiger charge is 2.22. The van der Waals surface area contributed by atoms with Crippen LogP contribution in [0.4, 0.5) is 0 Å². The quantitative estimate of drug-likeness (QED) is 0.640. The Morgan fingerprint density at radius 1 is 1.53 bits per heavy atom. The number of rotatable bonds is 8. The normalized spacial score (nSPS) is 12.2. The molecule has 1 unspecified atom stereocenters. The van der Waals surface area contributed by atoms with Crippen molar-refractivity contribution >= 4 is 5.91 Å². The molecule has 0 radical (unpaired) electrons. The predicted molar refractivity (Wildman–Crippen MR) is 66.2 cm³/mol. The monoisotopic (exact) mass is 241 g/mol. The van der Waals surface area contributed by atoms with Crippen LogP contribution in [-0.4, -0.2) is 43.2 Å². The average Bonchev–Trinajstić information content (AvgIpc) is 2.29. The van der Waals surface area contributed by atoms with Gasteiger partial charge in [0, 0.05) is 26.3 Å². The van der Waals surface area contributed by atoms with Gasteiger partial charge in [-0.3, -0.25) is 4.79 Å². The van der Waals surface area contributed by atoms with Crippen LogP contribution in [0.15, 0.2) is 0 Å². The maximum absolute atomic E-state index is 12.0. The van der Waals surface area contributed by atoms with E-state index in [9.17, 15) is 4.79 Å². The van der Waals surface area contributed by atoms with E-state index >= 15 is 0 Å². The highest BCUT2D eigenvalue weighted by Crippen LogP contribution is 2.06. The summed E-state index contributed by atoms with van der Waals surface area (Å²) in [5.74, 6) is -0.0775. The third-order valence-corrected chi connectivity index (χ3v) is 2.55. The van der Waals surface area contributed by atoms with Crippen molar-refractivity contribution in [2.45, 2.75) is 45.2 Å². The Labute approximate surface area is 104 Å². The van der Waals surface area contributed by atoms with E-state index in [1.165, 1.54) is 0 Å². The molecular weight excluding hydrogens is 218 g/mol. The minimum atomic E-state index is -0.494. The minimum Gasteiger partial charge on any atom is -0.385 e. The van der Waals surface area contributed by atoms with Crippen LogP contribution in [0.3, 0.4) is 0 Å². The van der Waals surface area contributed by atoms with Crippen molar-refractivity contribution in [1.29, 1.82) is 5.26 Å². The average molecular weight is 241 g/mol. The van der Waals surface area contributed by atoms with E-state index in [0.29, 0.717) is 26.0 Å². The van der Waals surface area contributed by atoms with Crippen molar-refractivity contribution < 1.29 is 9.53 Å². The highest BCUT2D eigenvalue weighted by atomic mass is 16.5.